The van der Waals surface area contributed by atoms with Crippen LogP contribution >= 0.6 is 0 Å². The molecule has 0 spiro atoms. The molecule has 3 unspecified atom stereocenters. The summed E-state index contributed by atoms with van der Waals surface area (Å²) in [6.07, 6.45) is 23.6. The number of aliphatic carboxylic acids is 1. The van der Waals surface area contributed by atoms with Gasteiger partial charge in [-0.2, -0.15) is 0 Å². The van der Waals surface area contributed by atoms with Gasteiger partial charge in [-0.15, -0.1) is 0 Å². The minimum Gasteiger partial charge on any atom is -0.480 e. The second-order valence-corrected chi connectivity index (χ2v) is 21.4. The van der Waals surface area contributed by atoms with Crippen LogP contribution in [0.5, 0.6) is 0 Å². The molecule has 4 fully saturated rings. The maximum absolute atomic E-state index is 14.5. The maximum Gasteiger partial charge on any atom is 0.325 e. The molecule has 4 saturated carbocycles. The summed E-state index contributed by atoms with van der Waals surface area (Å²) in [5.74, 6) is 0.472. The summed E-state index contributed by atoms with van der Waals surface area (Å²) in [6, 6.07) is -0.840. The lowest BCUT2D eigenvalue weighted by Crippen LogP contribution is -2.65. The van der Waals surface area contributed by atoms with Crippen molar-refractivity contribution in [2.75, 3.05) is 6.54 Å². The van der Waals surface area contributed by atoms with Gasteiger partial charge in [0.2, 0.25) is 11.8 Å². The first-order valence-electron chi connectivity index (χ1n) is 23.0. The second-order valence-electron chi connectivity index (χ2n) is 21.4. The Morgan fingerprint density at radius 3 is 2.11 bits per heavy atom. The highest BCUT2D eigenvalue weighted by Crippen LogP contribution is 2.76. The summed E-state index contributed by atoms with van der Waals surface area (Å²) in [5, 5.41) is 15.0. The Labute approximate surface area is 340 Å². The molecular weight excluding hydrogens is 701 g/mol. The zero-order chi connectivity index (χ0) is 41.2. The topological polar surface area (TPSA) is 122 Å². The molecule has 0 heterocycles. The van der Waals surface area contributed by atoms with E-state index in [9.17, 15) is 19.2 Å². The lowest BCUT2D eigenvalue weighted by Gasteiger charge is -2.71. The van der Waals surface area contributed by atoms with E-state index in [-0.39, 0.29) is 50.5 Å². The molecule has 0 aliphatic heterocycles. The third-order valence-corrected chi connectivity index (χ3v) is 17.1. The average Bonchev–Trinajstić information content (AvgIpc) is 3.11. The summed E-state index contributed by atoms with van der Waals surface area (Å²) < 4.78 is 6.20. The zero-order valence-electron chi connectivity index (χ0n) is 37.0. The lowest BCUT2D eigenvalue weighted by atomic mass is 9.33. The van der Waals surface area contributed by atoms with E-state index < -0.39 is 12.0 Å². The van der Waals surface area contributed by atoms with Gasteiger partial charge in [0.15, 0.2) is 0 Å². The van der Waals surface area contributed by atoms with Crippen molar-refractivity contribution >= 4 is 23.8 Å². The number of nitrogens with one attached hydrogen (secondary N) is 2. The van der Waals surface area contributed by atoms with E-state index in [1.54, 1.807) is 5.57 Å². The van der Waals surface area contributed by atoms with E-state index in [4.69, 9.17) is 9.84 Å². The van der Waals surface area contributed by atoms with Gasteiger partial charge in [-0.1, -0.05) is 106 Å². The number of hydrogen-bond acceptors (Lipinski definition) is 5. The fourth-order valence-corrected chi connectivity index (χ4v) is 13.5. The van der Waals surface area contributed by atoms with Crippen molar-refractivity contribution in [3.8, 4) is 0 Å². The zero-order valence-corrected chi connectivity index (χ0v) is 37.0. The molecule has 0 saturated heterocycles. The average molecular weight is 781 g/mol. The first-order chi connectivity index (χ1) is 26.3. The van der Waals surface area contributed by atoms with Gasteiger partial charge in [0.05, 0.1) is 5.41 Å². The van der Waals surface area contributed by atoms with Crippen molar-refractivity contribution < 1.29 is 29.0 Å². The van der Waals surface area contributed by atoms with Gasteiger partial charge < -0.3 is 20.5 Å². The highest BCUT2D eigenvalue weighted by molar-refractivity contribution is 5.84. The highest BCUT2D eigenvalue weighted by Gasteiger charge is 2.69. The Morgan fingerprint density at radius 2 is 1.45 bits per heavy atom. The molecule has 5 aliphatic carbocycles. The van der Waals surface area contributed by atoms with E-state index in [1.807, 2.05) is 6.92 Å². The first kappa shape index (κ1) is 44.7. The van der Waals surface area contributed by atoms with Crippen LogP contribution in [-0.4, -0.2) is 47.6 Å². The number of esters is 1. The molecule has 0 bridgehead atoms. The number of hydrogen-bond donors (Lipinski definition) is 3. The van der Waals surface area contributed by atoms with Crippen LogP contribution in [0.15, 0.2) is 11.6 Å². The molecular formula is C48H80N2O6. The third kappa shape index (κ3) is 8.66. The molecule has 8 heteroatoms. The predicted octanol–water partition coefficient (Wildman–Crippen LogP) is 10.7. The van der Waals surface area contributed by atoms with Gasteiger partial charge >= 0.3 is 11.9 Å². The largest absolute Gasteiger partial charge is 0.480 e. The number of carbonyl (C=O) groups is 4. The second kappa shape index (κ2) is 17.5. The number of carboxylic acid groups (broad SMARTS) is 1. The number of allylic oxidation sites excluding steroid dienone is 2. The molecule has 8 nitrogen and oxygen atoms in total. The fraction of sp³-hybridized carbons (Fsp3) is 0.875. The molecule has 318 valence electrons. The summed E-state index contributed by atoms with van der Waals surface area (Å²) in [7, 11) is 0. The summed E-state index contributed by atoms with van der Waals surface area (Å²) in [6.45, 7) is 21.7. The number of fused-ring (bicyclic) bond motifs is 7. The van der Waals surface area contributed by atoms with Crippen LogP contribution in [0.4, 0.5) is 0 Å². The fourth-order valence-electron chi connectivity index (χ4n) is 13.5. The van der Waals surface area contributed by atoms with Gasteiger partial charge in [-0.25, -0.2) is 0 Å². The monoisotopic (exact) mass is 781 g/mol. The van der Waals surface area contributed by atoms with Gasteiger partial charge in [0, 0.05) is 24.8 Å². The van der Waals surface area contributed by atoms with Crippen molar-refractivity contribution in [1.29, 1.82) is 0 Å². The molecule has 5 aliphatic rings. The summed E-state index contributed by atoms with van der Waals surface area (Å²) >= 11 is 0. The molecule has 0 radical (unpaired) electrons. The van der Waals surface area contributed by atoms with Gasteiger partial charge in [-0.3, -0.25) is 19.2 Å². The number of unbranched alkanes of at least 4 members (excludes halogenated alkanes) is 7. The van der Waals surface area contributed by atoms with Gasteiger partial charge in [0.25, 0.3) is 0 Å². The molecule has 2 amide bonds. The quantitative estimate of drug-likeness (QED) is 0.0767. The summed E-state index contributed by atoms with van der Waals surface area (Å²) in [4.78, 5) is 50.0. The predicted molar refractivity (Wildman–Crippen MR) is 224 cm³/mol. The van der Waals surface area contributed by atoms with Gasteiger partial charge in [-0.05, 0) is 130 Å². The van der Waals surface area contributed by atoms with Crippen LogP contribution in [0.1, 0.15) is 197 Å². The standard InChI is InChI=1S/C48H80N2O6/c1-10-19-40(52)56-38-24-25-45(7)36(44(38,5)6)23-26-47(9)37(45)22-21-34-35-32-43(3,4)27-29-48(35,30-28-46(34,47)8)42(55)49-31-18-16-14-12-11-13-15-17-20-39(51)50-33(2)41(53)54/h21,33,35-38H,10-20,22-32H2,1-9H3,(H,49,55)(H,50,51)(H,53,54)/t33-,35?,36?,37?,38-,45-,46+,47+,48-/m0/s1. The van der Waals surface area contributed by atoms with Crippen molar-refractivity contribution in [1.82, 2.24) is 10.6 Å². The Bertz CT molecular complexity index is 1470. The highest BCUT2D eigenvalue weighted by atomic mass is 16.5. The molecule has 0 aromatic rings. The molecule has 0 aromatic heterocycles. The Morgan fingerprint density at radius 1 is 0.804 bits per heavy atom. The molecule has 9 atom stereocenters. The van der Waals surface area contributed by atoms with Crippen LogP contribution in [0, 0.1) is 50.2 Å². The Kier molecular flexibility index (Phi) is 13.9. The van der Waals surface area contributed by atoms with Crippen molar-refractivity contribution in [2.45, 2.75) is 209 Å². The number of carbonyl (C=O) groups excluding carboxylic acids is 3. The lowest BCUT2D eigenvalue weighted by molar-refractivity contribution is -0.213. The van der Waals surface area contributed by atoms with Crippen molar-refractivity contribution in [3.63, 3.8) is 0 Å². The number of ether oxygens (including phenoxy) is 1. The van der Waals surface area contributed by atoms with E-state index in [1.165, 1.54) is 19.8 Å². The van der Waals surface area contributed by atoms with Crippen LogP contribution in [0.2, 0.25) is 0 Å². The maximum atomic E-state index is 14.5. The molecule has 0 aromatic carbocycles. The third-order valence-electron chi connectivity index (χ3n) is 17.1. The van der Waals surface area contributed by atoms with E-state index in [2.05, 4.69) is 65.2 Å². The van der Waals surface area contributed by atoms with Crippen LogP contribution < -0.4 is 10.6 Å². The number of rotatable bonds is 17. The van der Waals surface area contributed by atoms with E-state index in [0.717, 1.165) is 116 Å². The van der Waals surface area contributed by atoms with E-state index >= 15 is 0 Å². The summed E-state index contributed by atoms with van der Waals surface area (Å²) in [5.41, 5.74) is 1.91. The van der Waals surface area contributed by atoms with Crippen LogP contribution in [0.25, 0.3) is 0 Å². The minimum absolute atomic E-state index is 0.00551. The molecule has 3 N–H and O–H groups in total. The molecule has 5 rings (SSSR count). The Hall–Kier alpha value is -2.38. The van der Waals surface area contributed by atoms with Gasteiger partial charge in [0.1, 0.15) is 12.1 Å². The molecule has 56 heavy (non-hydrogen) atoms. The SMILES string of the molecule is CCCC(=O)O[C@H]1CC[C@@]2(C)C(CC[C@]3(C)C2CC=C2C4CC(C)(C)CC[C@]4(C(=O)NCCCCCCCCCCC(=O)N[C@@H](C)C(=O)O)CC[C@]23C)C1(C)C. The Balaban J connectivity index is 1.17. The number of carboxylic acids is 1. The minimum atomic E-state index is -1.01. The van der Waals surface area contributed by atoms with E-state index in [0.29, 0.717) is 36.5 Å². The smallest absolute Gasteiger partial charge is 0.325 e. The van der Waals surface area contributed by atoms with Crippen molar-refractivity contribution in [3.05, 3.63) is 11.6 Å². The van der Waals surface area contributed by atoms with Crippen LogP contribution in [0.3, 0.4) is 0 Å². The van der Waals surface area contributed by atoms with Crippen LogP contribution in [-0.2, 0) is 23.9 Å². The normalized spacial score (nSPS) is 36.0. The first-order valence-corrected chi connectivity index (χ1v) is 23.0. The number of amides is 2. The van der Waals surface area contributed by atoms with Crippen molar-refractivity contribution in [2.24, 2.45) is 50.2 Å².